The Kier molecular flexibility index (Phi) is 15.1. The van der Waals surface area contributed by atoms with Crippen molar-refractivity contribution in [1.82, 2.24) is 0 Å². The number of ether oxygens (including phenoxy) is 4. The molecule has 0 aliphatic carbocycles. The fraction of sp³-hybridized carbons (Fsp3) is 0.206. The third-order valence-electron chi connectivity index (χ3n) is 14.6. The van der Waals surface area contributed by atoms with Gasteiger partial charge in [0.15, 0.2) is 23.0 Å². The molecule has 0 amide bonds. The number of phenolic OH excluding ortho intramolecular Hbond substituents is 2. The second-order valence-corrected chi connectivity index (χ2v) is 23.5. The second-order valence-electron chi connectivity index (χ2n) is 21.6. The molecule has 6 heterocycles. The highest BCUT2D eigenvalue weighted by molar-refractivity contribution is 7.11. The molecule has 0 bridgehead atoms. The molecule has 0 spiro atoms. The molecule has 0 unspecified atom stereocenters. The Hall–Kier alpha value is -8.98. The average Bonchev–Trinajstić information content (AvgIpc) is 1.83. The number of thiophene rings is 2. The van der Waals surface area contributed by atoms with Crippen LogP contribution in [0, 0.1) is 0 Å². The van der Waals surface area contributed by atoms with Crippen LogP contribution >= 0.6 is 22.7 Å². The summed E-state index contributed by atoms with van der Waals surface area (Å²) >= 11 is 3.24. The molecule has 4 aliphatic rings. The van der Waals surface area contributed by atoms with E-state index in [1.54, 1.807) is 61.2 Å². The maximum absolute atomic E-state index is 10.6. The van der Waals surface area contributed by atoms with E-state index in [1.807, 2.05) is 85.3 Å². The summed E-state index contributed by atoms with van der Waals surface area (Å²) < 4.78 is 24.6. The van der Waals surface area contributed by atoms with Gasteiger partial charge in [0.2, 0.25) is 0 Å². The lowest BCUT2D eigenvalue weighted by molar-refractivity contribution is 0.130. The van der Waals surface area contributed by atoms with Crippen LogP contribution < -0.4 is 29.6 Å². The molecule has 0 atom stereocenters. The number of nitrogens with zero attached hydrogens (tertiary/aromatic N) is 2. The fourth-order valence-electron chi connectivity index (χ4n) is 11.3. The van der Waals surface area contributed by atoms with Gasteiger partial charge in [-0.25, -0.2) is 0 Å². The zero-order valence-electron chi connectivity index (χ0n) is 47.5. The second kappa shape index (κ2) is 22.5. The van der Waals surface area contributed by atoms with Gasteiger partial charge >= 0.3 is 0 Å². The molecule has 12 rings (SSSR count). The number of hydrogen-bond acceptors (Lipinski definition) is 14. The Bertz CT molecular complexity index is 3720. The Morgan fingerprint density at radius 2 is 0.927 bits per heavy atom. The zero-order chi connectivity index (χ0) is 57.5. The van der Waals surface area contributed by atoms with Gasteiger partial charge in [0.1, 0.15) is 36.2 Å². The molecule has 12 nitrogen and oxygen atoms in total. The lowest BCUT2D eigenvalue weighted by Crippen LogP contribution is -2.32. The van der Waals surface area contributed by atoms with E-state index in [0.717, 1.165) is 110 Å². The maximum atomic E-state index is 10.6. The van der Waals surface area contributed by atoms with Crippen LogP contribution in [-0.4, -0.2) is 46.9 Å². The molecular weight excluding hydrogens is 1060 g/mol. The van der Waals surface area contributed by atoms with E-state index in [-0.39, 0.29) is 22.6 Å². The molecular formula is C68H64N4O8S2. The Labute approximate surface area is 486 Å². The first-order chi connectivity index (χ1) is 39.5. The summed E-state index contributed by atoms with van der Waals surface area (Å²) in [4.78, 5) is 13.4. The van der Waals surface area contributed by atoms with Crippen molar-refractivity contribution in [1.29, 1.82) is 0 Å². The van der Waals surface area contributed by atoms with Gasteiger partial charge in [-0.15, -0.1) is 22.7 Å². The summed E-state index contributed by atoms with van der Waals surface area (Å²) in [6.07, 6.45) is 8.62. The largest absolute Gasteiger partial charge is 0.504 e. The van der Waals surface area contributed by atoms with Crippen LogP contribution in [-0.2, 0) is 22.9 Å². The Morgan fingerprint density at radius 1 is 0.524 bits per heavy atom. The minimum absolute atomic E-state index is 0.0698. The molecule has 416 valence electrons. The highest BCUT2D eigenvalue weighted by Crippen LogP contribution is 2.56. The quantitative estimate of drug-likeness (QED) is 0.0689. The number of oxime groups is 2. The van der Waals surface area contributed by atoms with Crippen LogP contribution in [0.25, 0.3) is 57.1 Å². The number of rotatable bonds is 12. The number of aromatic hydroxyl groups is 2. The summed E-state index contributed by atoms with van der Waals surface area (Å²) in [5, 5.41) is 41.5. The van der Waals surface area contributed by atoms with Gasteiger partial charge in [-0.3, -0.25) is 0 Å². The lowest BCUT2D eigenvalue weighted by atomic mass is 9.83. The van der Waals surface area contributed by atoms with Gasteiger partial charge in [-0.05, 0) is 149 Å². The molecule has 4 N–H and O–H groups in total. The molecule has 0 fully saturated rings. The number of methoxy groups -OCH3 is 2. The van der Waals surface area contributed by atoms with E-state index < -0.39 is 0 Å². The lowest BCUT2D eigenvalue weighted by Gasteiger charge is -2.35. The molecule has 0 saturated carbocycles. The van der Waals surface area contributed by atoms with E-state index in [1.165, 1.54) is 0 Å². The van der Waals surface area contributed by atoms with Gasteiger partial charge in [-0.1, -0.05) is 95.3 Å². The summed E-state index contributed by atoms with van der Waals surface area (Å²) in [6.45, 7) is 17.6. The summed E-state index contributed by atoms with van der Waals surface area (Å²) in [5.74, 6) is 3.60. The van der Waals surface area contributed by atoms with Crippen LogP contribution in [0.15, 0.2) is 155 Å². The van der Waals surface area contributed by atoms with Crippen molar-refractivity contribution in [3.8, 4) is 56.8 Å². The topological polar surface area (TPSA) is 145 Å². The van der Waals surface area contributed by atoms with Gasteiger partial charge in [0, 0.05) is 65.6 Å². The van der Waals surface area contributed by atoms with Crippen LogP contribution in [0.5, 0.6) is 34.5 Å². The molecule has 2 aromatic heterocycles. The third kappa shape index (κ3) is 10.9. The standard InChI is InChI=1S/2C34H32N2O4S/c2*1-20-18-34(3,4)35-25-12-11-24-31(30(20)25)28(40-27-14-13-26(37)33(38-5)32(24)27)17-29-23(15-16-41-29)21(2)36-39-19-22-9-7-6-8-10-22/h2*6-18,35,37H,19H2,1-5H3/b28-17-,36-21+;28-17-,36-21-. The van der Waals surface area contributed by atoms with E-state index in [9.17, 15) is 10.2 Å². The smallest absolute Gasteiger partial charge is 0.172 e. The van der Waals surface area contributed by atoms with Crippen molar-refractivity contribution in [3.63, 3.8) is 0 Å². The fourth-order valence-corrected chi connectivity index (χ4v) is 13.0. The molecule has 82 heavy (non-hydrogen) atoms. The van der Waals surface area contributed by atoms with Crippen molar-refractivity contribution in [3.05, 3.63) is 199 Å². The van der Waals surface area contributed by atoms with E-state index in [2.05, 4.69) is 123 Å². The van der Waals surface area contributed by atoms with Gasteiger partial charge in [-0.2, -0.15) is 0 Å². The Morgan fingerprint density at radius 3 is 1.32 bits per heavy atom. The van der Waals surface area contributed by atoms with Crippen molar-refractivity contribution >= 4 is 80.3 Å². The van der Waals surface area contributed by atoms with E-state index in [4.69, 9.17) is 28.6 Å². The monoisotopic (exact) mass is 1130 g/mol. The normalized spacial score (nSPS) is 16.1. The first-order valence-corrected chi connectivity index (χ1v) is 28.7. The van der Waals surface area contributed by atoms with Crippen molar-refractivity contribution in [2.24, 2.45) is 10.3 Å². The number of phenols is 2. The minimum Gasteiger partial charge on any atom is -0.504 e. The predicted molar refractivity (Wildman–Crippen MR) is 335 cm³/mol. The Balaban J connectivity index is 0.000000172. The van der Waals surface area contributed by atoms with Gasteiger partial charge < -0.3 is 49.5 Å². The first kappa shape index (κ1) is 55.0. The highest BCUT2D eigenvalue weighted by Gasteiger charge is 2.36. The summed E-state index contributed by atoms with van der Waals surface area (Å²) in [7, 11) is 3.13. The number of nitrogens with one attached hydrogen (secondary N) is 2. The van der Waals surface area contributed by atoms with Crippen LogP contribution in [0.2, 0.25) is 0 Å². The average molecular weight is 1130 g/mol. The molecule has 8 aromatic rings. The number of allylic oxidation sites excluding steroid dienone is 2. The SMILES string of the molecule is COc1c(O)ccc2c1-c1ccc3c(c1/C(=C/c1sccc1/C(C)=N/OCc1ccccc1)O2)C(C)=CC(C)(C)N3.COc1c(O)ccc2c1-c1ccc3c(c1/C(=C/c1sccc1/C(C)=N\OCc1ccccc1)O2)C(C)=CC(C)(C)N3. The van der Waals surface area contributed by atoms with Crippen molar-refractivity contribution in [2.45, 2.75) is 79.7 Å². The van der Waals surface area contributed by atoms with Gasteiger partial charge in [0.25, 0.3) is 0 Å². The van der Waals surface area contributed by atoms with Crippen LogP contribution in [0.4, 0.5) is 11.4 Å². The predicted octanol–water partition coefficient (Wildman–Crippen LogP) is 17.1. The molecule has 4 aliphatic heterocycles. The molecule has 0 radical (unpaired) electrons. The minimum atomic E-state index is -0.188. The molecule has 6 aromatic carbocycles. The molecule has 0 saturated heterocycles. The molecule has 14 heteroatoms. The summed E-state index contributed by atoms with van der Waals surface area (Å²) in [6, 6.07) is 39.2. The highest BCUT2D eigenvalue weighted by atomic mass is 32.1. The first-order valence-electron chi connectivity index (χ1n) is 27.0. The van der Waals surface area contributed by atoms with Crippen LogP contribution in [0.3, 0.4) is 0 Å². The van der Waals surface area contributed by atoms with E-state index in [0.29, 0.717) is 47.7 Å². The van der Waals surface area contributed by atoms with Gasteiger partial charge in [0.05, 0.1) is 47.8 Å². The number of hydrogen-bond donors (Lipinski definition) is 4. The number of benzene rings is 6. The summed E-state index contributed by atoms with van der Waals surface area (Å²) in [5.41, 5.74) is 17.0. The van der Waals surface area contributed by atoms with Crippen molar-refractivity contribution in [2.75, 3.05) is 24.9 Å². The van der Waals surface area contributed by atoms with Crippen molar-refractivity contribution < 1.29 is 38.8 Å². The maximum Gasteiger partial charge on any atom is 0.172 e. The number of anilines is 2. The zero-order valence-corrected chi connectivity index (χ0v) is 49.1. The van der Waals surface area contributed by atoms with E-state index >= 15 is 0 Å². The van der Waals surface area contributed by atoms with Crippen LogP contribution in [0.1, 0.15) is 110 Å². The number of fused-ring (bicyclic) bond motifs is 10. The third-order valence-corrected chi connectivity index (χ3v) is 16.3.